The molecule has 0 saturated heterocycles. The van der Waals surface area contributed by atoms with E-state index in [-0.39, 0.29) is 0 Å². The second-order valence-corrected chi connectivity index (χ2v) is 6.61. The lowest BCUT2D eigenvalue weighted by Crippen LogP contribution is -2.23. The maximum atomic E-state index is 12.1. The zero-order valence-electron chi connectivity index (χ0n) is 11.2. The molecule has 0 fully saturated rings. The summed E-state index contributed by atoms with van der Waals surface area (Å²) in [6, 6.07) is 13.0. The van der Waals surface area contributed by atoms with E-state index in [0.717, 1.165) is 17.2 Å². The zero-order valence-corrected chi connectivity index (χ0v) is 12.0. The van der Waals surface area contributed by atoms with Crippen LogP contribution in [0.5, 0.6) is 5.75 Å². The molecule has 102 valence electrons. The average Bonchev–Trinajstić information content (AvgIpc) is 2.39. The van der Waals surface area contributed by atoms with Crippen molar-refractivity contribution in [2.45, 2.75) is 31.9 Å². The molecule has 0 aliphatic heterocycles. The summed E-state index contributed by atoms with van der Waals surface area (Å²) >= 11 is 0. The van der Waals surface area contributed by atoms with Crippen molar-refractivity contribution < 1.29 is 12.6 Å². The van der Waals surface area contributed by atoms with Crippen molar-refractivity contribution in [2.24, 2.45) is 0 Å². The highest BCUT2D eigenvalue weighted by Gasteiger charge is 2.22. The second-order valence-electron chi connectivity index (χ2n) is 4.65. The van der Waals surface area contributed by atoms with Gasteiger partial charge in [-0.3, -0.25) is 0 Å². The third-order valence-corrected chi connectivity index (χ3v) is 4.78. The van der Waals surface area contributed by atoms with Crippen LogP contribution in [0.15, 0.2) is 42.5 Å². The highest BCUT2D eigenvalue weighted by molar-refractivity contribution is 7.87. The average molecular weight is 278 g/mol. The van der Waals surface area contributed by atoms with Gasteiger partial charge in [-0.15, -0.1) is 0 Å². The fraction of sp³-hybridized carbons (Fsp3) is 0.333. The molecule has 1 unspecified atom stereocenters. The summed E-state index contributed by atoms with van der Waals surface area (Å²) < 4.78 is 29.5. The molecule has 19 heavy (non-hydrogen) atoms. The van der Waals surface area contributed by atoms with E-state index in [1.165, 1.54) is 0 Å². The predicted octanol–water partition coefficient (Wildman–Crippen LogP) is 3.74. The molecule has 1 atom stereocenters. The van der Waals surface area contributed by atoms with Crippen LogP contribution in [0.25, 0.3) is 10.8 Å². The van der Waals surface area contributed by atoms with Gasteiger partial charge >= 0.3 is 10.1 Å². The highest BCUT2D eigenvalue weighted by atomic mass is 32.2. The first kappa shape index (κ1) is 13.9. The number of fused-ring (bicyclic) bond motifs is 1. The molecule has 4 heteroatoms. The third-order valence-electron chi connectivity index (χ3n) is 3.14. The maximum Gasteiger partial charge on any atom is 0.311 e. The lowest BCUT2D eigenvalue weighted by Gasteiger charge is -2.14. The van der Waals surface area contributed by atoms with E-state index >= 15 is 0 Å². The molecular weight excluding hydrogens is 260 g/mol. The van der Waals surface area contributed by atoms with Gasteiger partial charge in [-0.25, -0.2) is 0 Å². The Morgan fingerprint density at radius 3 is 2.53 bits per heavy atom. The minimum Gasteiger partial charge on any atom is -0.382 e. The van der Waals surface area contributed by atoms with Crippen LogP contribution >= 0.6 is 0 Å². The lowest BCUT2D eigenvalue weighted by atomic mass is 10.1. The molecule has 0 aromatic heterocycles. The lowest BCUT2D eigenvalue weighted by molar-refractivity contribution is 0.471. The number of benzene rings is 2. The quantitative estimate of drug-likeness (QED) is 0.783. The maximum absolute atomic E-state index is 12.1. The fourth-order valence-corrected chi connectivity index (χ4v) is 3.11. The van der Waals surface area contributed by atoms with Crippen LogP contribution in [-0.4, -0.2) is 13.7 Å². The van der Waals surface area contributed by atoms with Crippen molar-refractivity contribution in [2.75, 3.05) is 0 Å². The minimum absolute atomic E-state index is 0.404. The van der Waals surface area contributed by atoms with Crippen molar-refractivity contribution in [3.05, 3.63) is 42.5 Å². The predicted molar refractivity (Wildman–Crippen MR) is 77.9 cm³/mol. The number of hydrogen-bond acceptors (Lipinski definition) is 3. The van der Waals surface area contributed by atoms with E-state index in [0.29, 0.717) is 12.2 Å². The topological polar surface area (TPSA) is 43.4 Å². The van der Waals surface area contributed by atoms with Crippen molar-refractivity contribution in [1.29, 1.82) is 0 Å². The molecule has 0 bridgehead atoms. The summed E-state index contributed by atoms with van der Waals surface area (Å²) in [5.41, 5.74) is 0. The van der Waals surface area contributed by atoms with E-state index in [1.807, 2.05) is 37.3 Å². The third kappa shape index (κ3) is 3.07. The van der Waals surface area contributed by atoms with Gasteiger partial charge in [0.25, 0.3) is 0 Å². The molecule has 0 heterocycles. The van der Waals surface area contributed by atoms with Crippen LogP contribution in [0, 0.1) is 0 Å². The number of hydrogen-bond donors (Lipinski definition) is 0. The van der Waals surface area contributed by atoms with Gasteiger partial charge in [-0.2, -0.15) is 8.42 Å². The summed E-state index contributed by atoms with van der Waals surface area (Å²) in [6.45, 7) is 3.65. The second kappa shape index (κ2) is 5.61. The minimum atomic E-state index is -3.57. The van der Waals surface area contributed by atoms with Gasteiger partial charge in [-0.05, 0) is 24.8 Å². The Kier molecular flexibility index (Phi) is 4.10. The molecule has 0 saturated carbocycles. The van der Waals surface area contributed by atoms with Crippen molar-refractivity contribution in [3.8, 4) is 5.75 Å². The van der Waals surface area contributed by atoms with E-state index < -0.39 is 15.4 Å². The molecule has 0 amide bonds. The fourth-order valence-electron chi connectivity index (χ4n) is 2.03. The highest BCUT2D eigenvalue weighted by Crippen LogP contribution is 2.27. The number of rotatable bonds is 5. The largest absolute Gasteiger partial charge is 0.382 e. The molecule has 0 aliphatic carbocycles. The van der Waals surface area contributed by atoms with Gasteiger partial charge in [0, 0.05) is 5.39 Å². The molecule has 0 spiro atoms. The van der Waals surface area contributed by atoms with Crippen molar-refractivity contribution in [1.82, 2.24) is 0 Å². The van der Waals surface area contributed by atoms with Crippen LogP contribution in [0.1, 0.15) is 26.7 Å². The summed E-state index contributed by atoms with van der Waals surface area (Å²) in [5, 5.41) is 1.30. The standard InChI is InChI=1S/C15H18O3S/c1-3-7-12(2)19(16,17)18-15-11-6-9-13-8-4-5-10-14(13)15/h4-6,8-12H,3,7H2,1-2H3. The van der Waals surface area contributed by atoms with Gasteiger partial charge in [0.2, 0.25) is 0 Å². The smallest absolute Gasteiger partial charge is 0.311 e. The van der Waals surface area contributed by atoms with Gasteiger partial charge in [0.15, 0.2) is 0 Å². The molecule has 0 aliphatic rings. The van der Waals surface area contributed by atoms with Gasteiger partial charge in [-0.1, -0.05) is 49.7 Å². The molecule has 0 N–H and O–H groups in total. The summed E-state index contributed by atoms with van der Waals surface area (Å²) in [6.07, 6.45) is 1.42. The van der Waals surface area contributed by atoms with Crippen LogP contribution < -0.4 is 4.18 Å². The summed E-state index contributed by atoms with van der Waals surface area (Å²) in [5.74, 6) is 0.404. The molecule has 3 nitrogen and oxygen atoms in total. The molecule has 2 aromatic rings. The van der Waals surface area contributed by atoms with Crippen LogP contribution in [0.3, 0.4) is 0 Å². The van der Waals surface area contributed by atoms with Gasteiger partial charge in [0.05, 0.1) is 5.25 Å². The van der Waals surface area contributed by atoms with Crippen LogP contribution in [0.2, 0.25) is 0 Å². The van der Waals surface area contributed by atoms with Gasteiger partial charge < -0.3 is 4.18 Å². The molecule has 0 radical (unpaired) electrons. The Labute approximate surface area is 114 Å². The zero-order chi connectivity index (χ0) is 13.9. The normalized spacial score (nSPS) is 13.4. The van der Waals surface area contributed by atoms with Crippen molar-refractivity contribution >= 4 is 20.9 Å². The Balaban J connectivity index is 2.36. The Hall–Kier alpha value is -1.55. The molecular formula is C15H18O3S. The summed E-state index contributed by atoms with van der Waals surface area (Å²) in [7, 11) is -3.57. The van der Waals surface area contributed by atoms with E-state index in [9.17, 15) is 8.42 Å². The van der Waals surface area contributed by atoms with Crippen LogP contribution in [0.4, 0.5) is 0 Å². The van der Waals surface area contributed by atoms with Crippen molar-refractivity contribution in [3.63, 3.8) is 0 Å². The molecule has 2 aromatic carbocycles. The first-order valence-electron chi connectivity index (χ1n) is 6.45. The van der Waals surface area contributed by atoms with Gasteiger partial charge in [0.1, 0.15) is 5.75 Å². The molecule has 2 rings (SSSR count). The van der Waals surface area contributed by atoms with E-state index in [4.69, 9.17) is 4.18 Å². The van der Waals surface area contributed by atoms with E-state index in [2.05, 4.69) is 0 Å². The first-order valence-corrected chi connectivity index (χ1v) is 7.93. The SMILES string of the molecule is CCCC(C)S(=O)(=O)Oc1cccc2ccccc12. The van der Waals surface area contributed by atoms with E-state index in [1.54, 1.807) is 19.1 Å². The Morgan fingerprint density at radius 1 is 1.11 bits per heavy atom. The summed E-state index contributed by atoms with van der Waals surface area (Å²) in [4.78, 5) is 0. The van der Waals surface area contributed by atoms with Crippen LogP contribution in [-0.2, 0) is 10.1 Å². The Morgan fingerprint density at radius 2 is 1.79 bits per heavy atom. The Bertz CT molecular complexity index is 657. The monoisotopic (exact) mass is 278 g/mol. The first-order chi connectivity index (χ1) is 9.04.